The lowest BCUT2D eigenvalue weighted by Gasteiger charge is -2.45. The van der Waals surface area contributed by atoms with E-state index in [0.717, 1.165) is 77.0 Å². The van der Waals surface area contributed by atoms with Crippen LogP contribution >= 0.6 is 23.2 Å². The molecule has 14 atom stereocenters. The Morgan fingerprint density at radius 3 is 1.49 bits per heavy atom. The first-order valence-electron chi connectivity index (χ1n) is 24.6. The molecule has 408 valence electrons. The summed E-state index contributed by atoms with van der Waals surface area (Å²) < 4.78 is 68.7. The van der Waals surface area contributed by atoms with Gasteiger partial charge in [0.05, 0.1) is 44.4 Å². The first-order valence-corrected chi connectivity index (χ1v) is 29.4. The number of nitrogens with one attached hydrogen (secondary N) is 2. The van der Waals surface area contributed by atoms with E-state index in [1.807, 2.05) is 0 Å². The first-order chi connectivity index (χ1) is 32.6. The molecule has 0 radical (unpaired) electrons. The molecule has 14 N–H and O–H groups in total. The van der Waals surface area contributed by atoms with Gasteiger partial charge in [-0.2, -0.15) is 0 Å². The zero-order chi connectivity index (χ0) is 51.6. The molecule has 2 rings (SSSR count). The number of hydrogen-bond donors (Lipinski definition) is 13. The van der Waals surface area contributed by atoms with E-state index in [2.05, 4.69) is 28.8 Å². The Bertz CT molecular complexity index is 1590. The molecule has 24 nitrogen and oxygen atoms in total. The molecule has 69 heavy (non-hydrogen) atoms. The molecule has 0 spiro atoms. The highest BCUT2D eigenvalue weighted by Gasteiger charge is 2.52. The highest BCUT2D eigenvalue weighted by atomic mass is 31.3. The standard InChI is InChI=1S/C42H84N3O21P3/c1-3-5-7-9-11-13-15-17-19-21-29(47)25-33(49)44-35-38(52)37(51)32(63-42(35)65-69(59,60)66-67(54,55)24-23-43)28-61-41-36(39(53)40(31(27-46)62-41)64-68(56,57)58)45-34(50)26-30(48)22-20-18-16-14-12-10-8-6-4-2/h29-32,35-42,46-48,51-53H,3-28,43H2,1-2H3,(H,44,49)(H,45,50)(H,54,55)(H,59,60)(H2,56,57,58)/t29-,30-,31?,32?,35?,36?,37-,38-,39-,40-,41-,42-/m1/s1. The molecule has 0 aromatic heterocycles. The minimum absolute atomic E-state index is 0.254. The van der Waals surface area contributed by atoms with Crippen molar-refractivity contribution >= 4 is 35.1 Å². The van der Waals surface area contributed by atoms with Gasteiger partial charge in [-0.25, -0.2) is 13.4 Å². The van der Waals surface area contributed by atoms with Crippen LogP contribution in [-0.4, -0.2) is 161 Å². The van der Waals surface area contributed by atoms with Crippen molar-refractivity contribution in [1.82, 2.24) is 10.6 Å². The van der Waals surface area contributed by atoms with Crippen molar-refractivity contribution in [3.05, 3.63) is 0 Å². The van der Waals surface area contributed by atoms with E-state index >= 15 is 0 Å². The lowest BCUT2D eigenvalue weighted by Crippen LogP contribution is -2.67. The van der Waals surface area contributed by atoms with Crippen molar-refractivity contribution in [3.63, 3.8) is 0 Å². The summed E-state index contributed by atoms with van der Waals surface area (Å²) in [6, 6.07) is -3.65. The molecule has 27 heteroatoms. The van der Waals surface area contributed by atoms with Gasteiger partial charge in [0, 0.05) is 6.54 Å². The van der Waals surface area contributed by atoms with Gasteiger partial charge < -0.3 is 80.8 Å². The van der Waals surface area contributed by atoms with E-state index in [4.69, 9.17) is 29.0 Å². The Labute approximate surface area is 406 Å². The molecule has 2 heterocycles. The van der Waals surface area contributed by atoms with E-state index < -0.39 is 147 Å². The number of hydrogen-bond acceptors (Lipinski definition) is 18. The number of unbranched alkanes of at least 4 members (excludes halogenated alkanes) is 16. The number of aliphatic hydroxyl groups is 6. The first kappa shape index (κ1) is 64.1. The maximum atomic E-state index is 13.2. The smallest absolute Gasteiger partial charge is 0.394 e. The van der Waals surface area contributed by atoms with Gasteiger partial charge in [0.25, 0.3) is 0 Å². The fourth-order valence-electron chi connectivity index (χ4n) is 8.17. The van der Waals surface area contributed by atoms with Crippen LogP contribution in [0.15, 0.2) is 0 Å². The fraction of sp³-hybridized carbons (Fsp3) is 0.952. The normalized spacial score (nSPS) is 28.1. The lowest BCUT2D eigenvalue weighted by atomic mass is 9.95. The van der Waals surface area contributed by atoms with Crippen LogP contribution in [0.2, 0.25) is 0 Å². The van der Waals surface area contributed by atoms with E-state index in [1.165, 1.54) is 25.7 Å². The molecule has 2 saturated heterocycles. The molecule has 2 aliphatic rings. The van der Waals surface area contributed by atoms with Crippen molar-refractivity contribution < 1.29 is 101 Å². The summed E-state index contributed by atoms with van der Waals surface area (Å²) in [7, 11) is -15.9. The van der Waals surface area contributed by atoms with Gasteiger partial charge in [0.2, 0.25) is 11.8 Å². The Kier molecular flexibility index (Phi) is 31.3. The largest absolute Gasteiger partial charge is 0.481 e. The van der Waals surface area contributed by atoms with E-state index in [-0.39, 0.29) is 12.8 Å². The predicted octanol–water partition coefficient (Wildman–Crippen LogP) is 2.60. The monoisotopic (exact) mass is 1060 g/mol. The SMILES string of the molecule is CCCCCCCCCCC[C@@H](O)CC(=O)NC1[C@@H](OP(=O)(O)OP(=O)(O)CCN)OC(CO[C@@H]2OC(CO)[C@@H](OP(=O)(O)O)[C@H](O)C2NC(=O)C[C@H](O)CCCCCCCCCCC)[C@@H](O)[C@@H]1O. The van der Waals surface area contributed by atoms with Crippen LogP contribution in [0.3, 0.4) is 0 Å². The zero-order valence-corrected chi connectivity index (χ0v) is 42.9. The third-order valence-corrected chi connectivity index (χ3v) is 15.6. The molecule has 0 aromatic rings. The molecule has 2 amide bonds. The topological polar surface area (TPSA) is 393 Å². The summed E-state index contributed by atoms with van der Waals surface area (Å²) in [5, 5.41) is 69.9. The molecule has 2 aliphatic heterocycles. The van der Waals surface area contributed by atoms with Crippen LogP contribution in [0.4, 0.5) is 0 Å². The predicted molar refractivity (Wildman–Crippen MR) is 250 cm³/mol. The van der Waals surface area contributed by atoms with Crippen LogP contribution in [0.25, 0.3) is 0 Å². The van der Waals surface area contributed by atoms with Gasteiger partial charge in [-0.3, -0.25) is 23.2 Å². The van der Waals surface area contributed by atoms with Crippen LogP contribution in [-0.2, 0) is 50.9 Å². The van der Waals surface area contributed by atoms with Gasteiger partial charge in [0.15, 0.2) is 12.6 Å². The molecule has 2 fully saturated rings. The molecule has 0 aliphatic carbocycles. The average molecular weight is 1060 g/mol. The quantitative estimate of drug-likeness (QED) is 0.0312. The summed E-state index contributed by atoms with van der Waals surface area (Å²) in [4.78, 5) is 66.1. The van der Waals surface area contributed by atoms with Crippen molar-refractivity contribution in [3.8, 4) is 0 Å². The van der Waals surface area contributed by atoms with Gasteiger partial charge in [0.1, 0.15) is 48.7 Å². The summed E-state index contributed by atoms with van der Waals surface area (Å²) in [6.45, 7) is 1.92. The van der Waals surface area contributed by atoms with Crippen LogP contribution in [0, 0.1) is 0 Å². The maximum Gasteiger partial charge on any atom is 0.481 e. The van der Waals surface area contributed by atoms with Gasteiger partial charge in [-0.05, 0) is 12.8 Å². The van der Waals surface area contributed by atoms with Crippen molar-refractivity contribution in [2.75, 3.05) is 25.9 Å². The van der Waals surface area contributed by atoms with Gasteiger partial charge >= 0.3 is 23.2 Å². The van der Waals surface area contributed by atoms with Crippen molar-refractivity contribution in [2.45, 2.75) is 229 Å². The Hall–Kier alpha value is -1.05. The average Bonchev–Trinajstić information content (AvgIpc) is 3.25. The Morgan fingerprint density at radius 1 is 0.623 bits per heavy atom. The number of carbonyl (C=O) groups excluding carboxylic acids is 2. The second kappa shape index (κ2) is 33.7. The number of phosphoric ester groups is 2. The Balaban J connectivity index is 2.22. The number of rotatable bonds is 38. The molecule has 0 saturated carbocycles. The van der Waals surface area contributed by atoms with E-state index in [9.17, 15) is 73.5 Å². The number of carbonyl (C=O) groups is 2. The van der Waals surface area contributed by atoms with Gasteiger partial charge in [-0.1, -0.05) is 129 Å². The highest BCUT2D eigenvalue weighted by molar-refractivity contribution is 7.64. The van der Waals surface area contributed by atoms with Crippen molar-refractivity contribution in [1.29, 1.82) is 0 Å². The summed E-state index contributed by atoms with van der Waals surface area (Å²) in [6.07, 6.45) is -0.846. The van der Waals surface area contributed by atoms with Crippen LogP contribution < -0.4 is 16.4 Å². The lowest BCUT2D eigenvalue weighted by molar-refractivity contribution is -0.294. The summed E-state index contributed by atoms with van der Waals surface area (Å²) >= 11 is 0. The van der Waals surface area contributed by atoms with Gasteiger partial charge in [-0.15, -0.1) is 0 Å². The number of nitrogens with two attached hydrogens (primary N) is 1. The van der Waals surface area contributed by atoms with Crippen LogP contribution in [0.5, 0.6) is 0 Å². The number of amides is 2. The number of ether oxygens (including phenoxy) is 3. The third-order valence-electron chi connectivity index (χ3n) is 11.9. The number of aliphatic hydroxyl groups excluding tert-OH is 6. The van der Waals surface area contributed by atoms with Crippen molar-refractivity contribution in [2.24, 2.45) is 5.73 Å². The zero-order valence-electron chi connectivity index (χ0n) is 40.2. The molecule has 0 bridgehead atoms. The summed E-state index contributed by atoms with van der Waals surface area (Å²) in [5.41, 5.74) is 5.31. The maximum absolute atomic E-state index is 13.2. The summed E-state index contributed by atoms with van der Waals surface area (Å²) in [5.74, 6) is -1.77. The third kappa shape index (κ3) is 26.1. The molecule has 0 aromatic carbocycles. The molecule has 6 unspecified atom stereocenters. The molecular weight excluding hydrogens is 975 g/mol. The molecular formula is C42H84N3O21P3. The second-order valence-corrected chi connectivity index (χ2v) is 22.8. The van der Waals surface area contributed by atoms with E-state index in [1.54, 1.807) is 0 Å². The Morgan fingerprint density at radius 2 is 1.06 bits per heavy atom. The number of phosphoric acid groups is 2. The fourth-order valence-corrected chi connectivity index (χ4v) is 11.3. The second-order valence-electron chi connectivity index (χ2n) is 18.1. The van der Waals surface area contributed by atoms with E-state index in [0.29, 0.717) is 12.8 Å². The highest BCUT2D eigenvalue weighted by Crippen LogP contribution is 2.60. The minimum atomic E-state index is -5.63. The minimum Gasteiger partial charge on any atom is -0.394 e. The van der Waals surface area contributed by atoms with Crippen LogP contribution in [0.1, 0.15) is 155 Å².